The van der Waals surface area contributed by atoms with Gasteiger partial charge in [-0.2, -0.15) is 0 Å². The Balaban J connectivity index is 2.23. The molecule has 88 valence electrons. The van der Waals surface area contributed by atoms with Crippen molar-refractivity contribution in [2.75, 3.05) is 7.11 Å². The number of ether oxygens (including phenoxy) is 1. The maximum absolute atomic E-state index is 10.1. The van der Waals surface area contributed by atoms with Gasteiger partial charge in [-0.1, -0.05) is 23.7 Å². The lowest BCUT2D eigenvalue weighted by atomic mass is 10.0. The smallest absolute Gasteiger partial charge is 0.212 e. The minimum atomic E-state index is -0.703. The van der Waals surface area contributed by atoms with Gasteiger partial charge in [0.25, 0.3) is 0 Å². The summed E-state index contributed by atoms with van der Waals surface area (Å²) in [7, 11) is 1.55. The molecule has 0 saturated heterocycles. The van der Waals surface area contributed by atoms with Gasteiger partial charge in [-0.3, -0.25) is 0 Å². The first kappa shape index (κ1) is 11.9. The zero-order valence-electron chi connectivity index (χ0n) is 9.30. The molecule has 0 aliphatic heterocycles. The molecule has 1 heterocycles. The molecule has 2 aromatic rings. The Labute approximate surface area is 105 Å². The van der Waals surface area contributed by atoms with Gasteiger partial charge < -0.3 is 9.84 Å². The van der Waals surface area contributed by atoms with E-state index in [1.54, 1.807) is 49.7 Å². The Bertz CT molecular complexity index is 482. The van der Waals surface area contributed by atoms with Crippen molar-refractivity contribution < 1.29 is 9.84 Å². The molecule has 1 atom stereocenters. The fourth-order valence-electron chi connectivity index (χ4n) is 1.51. The first-order valence-corrected chi connectivity index (χ1v) is 5.52. The monoisotopic (exact) mass is 249 g/mol. The van der Waals surface area contributed by atoms with Crippen molar-refractivity contribution in [2.45, 2.75) is 6.10 Å². The van der Waals surface area contributed by atoms with Crippen LogP contribution < -0.4 is 4.74 Å². The van der Waals surface area contributed by atoms with Crippen molar-refractivity contribution in [2.24, 2.45) is 0 Å². The molecule has 1 aromatic heterocycles. The zero-order chi connectivity index (χ0) is 12.3. The van der Waals surface area contributed by atoms with Crippen molar-refractivity contribution in [3.05, 3.63) is 58.7 Å². The Morgan fingerprint density at radius 2 is 1.76 bits per heavy atom. The molecule has 1 unspecified atom stereocenters. The minimum Gasteiger partial charge on any atom is -0.481 e. The number of rotatable bonds is 3. The van der Waals surface area contributed by atoms with E-state index in [1.807, 2.05) is 0 Å². The zero-order valence-corrected chi connectivity index (χ0v) is 10.1. The van der Waals surface area contributed by atoms with Gasteiger partial charge in [0.15, 0.2) is 0 Å². The van der Waals surface area contributed by atoms with Gasteiger partial charge in [0.1, 0.15) is 6.10 Å². The van der Waals surface area contributed by atoms with Crippen LogP contribution >= 0.6 is 11.6 Å². The number of hydrogen-bond acceptors (Lipinski definition) is 3. The molecule has 0 fully saturated rings. The molecule has 0 spiro atoms. The molecular weight excluding hydrogens is 238 g/mol. The number of nitrogens with zero attached hydrogens (tertiary/aromatic N) is 1. The van der Waals surface area contributed by atoms with Crippen molar-refractivity contribution in [3.8, 4) is 5.88 Å². The van der Waals surface area contributed by atoms with E-state index in [4.69, 9.17) is 16.3 Å². The molecule has 0 radical (unpaired) electrons. The lowest BCUT2D eigenvalue weighted by Gasteiger charge is -2.11. The maximum Gasteiger partial charge on any atom is 0.212 e. The Morgan fingerprint density at radius 3 is 2.29 bits per heavy atom. The van der Waals surface area contributed by atoms with Crippen LogP contribution in [0.1, 0.15) is 17.2 Å². The van der Waals surface area contributed by atoms with Crippen LogP contribution in [0.2, 0.25) is 5.02 Å². The van der Waals surface area contributed by atoms with Crippen LogP contribution in [0, 0.1) is 0 Å². The fraction of sp³-hybridized carbons (Fsp3) is 0.154. The SMILES string of the molecule is COc1ccc(C(O)c2ccc(Cl)cc2)cn1. The summed E-state index contributed by atoms with van der Waals surface area (Å²) in [5.74, 6) is 0.525. The molecule has 0 saturated carbocycles. The molecule has 1 N–H and O–H groups in total. The van der Waals surface area contributed by atoms with Crippen LogP contribution in [0.4, 0.5) is 0 Å². The maximum atomic E-state index is 10.1. The first-order chi connectivity index (χ1) is 8.20. The third kappa shape index (κ3) is 2.75. The van der Waals surface area contributed by atoms with Crippen molar-refractivity contribution in [1.82, 2.24) is 4.98 Å². The van der Waals surface area contributed by atoms with Crippen molar-refractivity contribution in [1.29, 1.82) is 0 Å². The second kappa shape index (κ2) is 5.17. The summed E-state index contributed by atoms with van der Waals surface area (Å²) in [6.45, 7) is 0. The number of benzene rings is 1. The van der Waals surface area contributed by atoms with E-state index in [-0.39, 0.29) is 0 Å². The van der Waals surface area contributed by atoms with Crippen LogP contribution in [-0.2, 0) is 0 Å². The average Bonchev–Trinajstić information content (AvgIpc) is 2.39. The summed E-state index contributed by atoms with van der Waals surface area (Å²) in [5, 5.41) is 10.8. The predicted molar refractivity (Wildman–Crippen MR) is 66.3 cm³/mol. The first-order valence-electron chi connectivity index (χ1n) is 5.14. The third-order valence-electron chi connectivity index (χ3n) is 2.47. The normalized spacial score (nSPS) is 12.2. The predicted octanol–water partition coefficient (Wildman–Crippen LogP) is 2.83. The summed E-state index contributed by atoms with van der Waals surface area (Å²) in [4.78, 5) is 4.05. The Kier molecular flexibility index (Phi) is 3.61. The van der Waals surface area contributed by atoms with Crippen molar-refractivity contribution in [3.63, 3.8) is 0 Å². The van der Waals surface area contributed by atoms with E-state index < -0.39 is 6.10 Å². The molecule has 3 nitrogen and oxygen atoms in total. The number of methoxy groups -OCH3 is 1. The molecular formula is C13H12ClNO2. The van der Waals surface area contributed by atoms with Gasteiger partial charge >= 0.3 is 0 Å². The number of aromatic nitrogens is 1. The quantitative estimate of drug-likeness (QED) is 0.910. The molecule has 2 rings (SSSR count). The average molecular weight is 250 g/mol. The summed E-state index contributed by atoms with van der Waals surface area (Å²) in [5.41, 5.74) is 1.49. The third-order valence-corrected chi connectivity index (χ3v) is 2.72. The molecule has 4 heteroatoms. The van der Waals surface area contributed by atoms with E-state index in [0.717, 1.165) is 5.56 Å². The molecule has 0 aliphatic carbocycles. The summed E-state index contributed by atoms with van der Waals surface area (Å²) in [6.07, 6.45) is 0.892. The number of aliphatic hydroxyl groups is 1. The summed E-state index contributed by atoms with van der Waals surface area (Å²) < 4.78 is 4.96. The lowest BCUT2D eigenvalue weighted by molar-refractivity contribution is 0.219. The number of aliphatic hydroxyl groups excluding tert-OH is 1. The van der Waals surface area contributed by atoms with Gasteiger partial charge in [-0.15, -0.1) is 0 Å². The minimum absolute atomic E-state index is 0.525. The molecule has 0 bridgehead atoms. The van der Waals surface area contributed by atoms with E-state index in [1.165, 1.54) is 0 Å². The highest BCUT2D eigenvalue weighted by atomic mass is 35.5. The van der Waals surface area contributed by atoms with Crippen molar-refractivity contribution >= 4 is 11.6 Å². The van der Waals surface area contributed by atoms with Gasteiger partial charge in [-0.25, -0.2) is 4.98 Å². The largest absolute Gasteiger partial charge is 0.481 e. The Hall–Kier alpha value is -1.58. The molecule has 1 aromatic carbocycles. The highest BCUT2D eigenvalue weighted by Crippen LogP contribution is 2.23. The van der Waals surface area contributed by atoms with E-state index in [9.17, 15) is 5.11 Å². The second-order valence-corrected chi connectivity index (χ2v) is 4.02. The van der Waals surface area contributed by atoms with Crippen LogP contribution in [0.5, 0.6) is 5.88 Å². The second-order valence-electron chi connectivity index (χ2n) is 3.59. The van der Waals surface area contributed by atoms with Crippen LogP contribution in [0.25, 0.3) is 0 Å². The molecule has 0 aliphatic rings. The van der Waals surface area contributed by atoms with E-state index in [2.05, 4.69) is 4.98 Å². The van der Waals surface area contributed by atoms with Crippen LogP contribution in [0.3, 0.4) is 0 Å². The number of hydrogen-bond donors (Lipinski definition) is 1. The van der Waals surface area contributed by atoms with Crippen LogP contribution in [0.15, 0.2) is 42.6 Å². The molecule has 0 amide bonds. The molecule has 17 heavy (non-hydrogen) atoms. The van der Waals surface area contributed by atoms with E-state index in [0.29, 0.717) is 16.5 Å². The Morgan fingerprint density at radius 1 is 1.12 bits per heavy atom. The highest BCUT2D eigenvalue weighted by Gasteiger charge is 2.10. The lowest BCUT2D eigenvalue weighted by Crippen LogP contribution is -2.00. The summed E-state index contributed by atoms with van der Waals surface area (Å²) in [6, 6.07) is 10.6. The summed E-state index contributed by atoms with van der Waals surface area (Å²) >= 11 is 5.79. The van der Waals surface area contributed by atoms with Crippen LogP contribution in [-0.4, -0.2) is 17.2 Å². The van der Waals surface area contributed by atoms with Gasteiger partial charge in [0, 0.05) is 22.8 Å². The van der Waals surface area contributed by atoms with Gasteiger partial charge in [-0.05, 0) is 23.8 Å². The number of pyridine rings is 1. The topological polar surface area (TPSA) is 42.4 Å². The van der Waals surface area contributed by atoms with Gasteiger partial charge in [0.2, 0.25) is 5.88 Å². The number of halogens is 1. The van der Waals surface area contributed by atoms with E-state index >= 15 is 0 Å². The highest BCUT2D eigenvalue weighted by molar-refractivity contribution is 6.30. The fourth-order valence-corrected chi connectivity index (χ4v) is 1.64. The van der Waals surface area contributed by atoms with Gasteiger partial charge in [0.05, 0.1) is 7.11 Å². The standard InChI is InChI=1S/C13H12ClNO2/c1-17-12-7-4-10(8-15-12)13(16)9-2-5-11(14)6-3-9/h2-8,13,16H,1H3.